The molecule has 0 radical (unpaired) electrons. The van der Waals surface area contributed by atoms with E-state index in [1.165, 1.54) is 0 Å². The van der Waals surface area contributed by atoms with Crippen molar-refractivity contribution in [2.75, 3.05) is 26.2 Å². The molecule has 2 heterocycles. The Balaban J connectivity index is 1.86. The van der Waals surface area contributed by atoms with Crippen LogP contribution >= 0.6 is 0 Å². The molecule has 0 bridgehead atoms. The van der Waals surface area contributed by atoms with Crippen molar-refractivity contribution in [2.45, 2.75) is 71.6 Å². The van der Waals surface area contributed by atoms with Gasteiger partial charge in [0.25, 0.3) is 0 Å². The fourth-order valence-electron chi connectivity index (χ4n) is 3.32. The highest BCUT2D eigenvalue weighted by Crippen LogP contribution is 2.30. The van der Waals surface area contributed by atoms with E-state index in [0.29, 0.717) is 6.04 Å². The first-order valence-corrected chi connectivity index (χ1v) is 8.51. The summed E-state index contributed by atoms with van der Waals surface area (Å²) in [7, 11) is 0. The molecule has 5 nitrogen and oxygen atoms in total. The minimum atomic E-state index is -0.431. The number of amides is 1. The van der Waals surface area contributed by atoms with E-state index in [1.54, 1.807) is 0 Å². The molecule has 3 unspecified atom stereocenters. The number of nitrogens with one attached hydrogen (secondary N) is 1. The lowest BCUT2D eigenvalue weighted by Crippen LogP contribution is -2.51. The van der Waals surface area contributed by atoms with Gasteiger partial charge in [0, 0.05) is 32.3 Å². The number of piperidine rings is 1. The molecule has 0 aromatic heterocycles. The third-order valence-electron chi connectivity index (χ3n) is 4.60. The Hall–Kier alpha value is -0.810. The Morgan fingerprint density at radius 3 is 2.77 bits per heavy atom. The van der Waals surface area contributed by atoms with Crippen LogP contribution in [0.1, 0.15) is 53.9 Å². The van der Waals surface area contributed by atoms with Crippen LogP contribution in [0.3, 0.4) is 0 Å². The van der Waals surface area contributed by atoms with E-state index >= 15 is 0 Å². The second kappa shape index (κ2) is 6.75. The second-order valence-electron chi connectivity index (χ2n) is 8.17. The smallest absolute Gasteiger partial charge is 0.410 e. The SMILES string of the molecule is CC1OCCC1NCC1(C)CCCN(C(=O)OC(C)(C)C)C1. The van der Waals surface area contributed by atoms with Crippen LogP contribution in [0.15, 0.2) is 0 Å². The minimum absolute atomic E-state index is 0.109. The van der Waals surface area contributed by atoms with Gasteiger partial charge in [-0.05, 0) is 52.4 Å². The highest BCUT2D eigenvalue weighted by Gasteiger charge is 2.36. The normalized spacial score (nSPS) is 33.0. The first-order valence-electron chi connectivity index (χ1n) is 8.51. The van der Waals surface area contributed by atoms with Gasteiger partial charge in [0.05, 0.1) is 6.10 Å². The van der Waals surface area contributed by atoms with Crippen LogP contribution in [-0.2, 0) is 9.47 Å². The van der Waals surface area contributed by atoms with Crippen molar-refractivity contribution < 1.29 is 14.3 Å². The Morgan fingerprint density at radius 2 is 2.18 bits per heavy atom. The van der Waals surface area contributed by atoms with Gasteiger partial charge in [0.2, 0.25) is 0 Å². The summed E-state index contributed by atoms with van der Waals surface area (Å²) >= 11 is 0. The van der Waals surface area contributed by atoms with Gasteiger partial charge >= 0.3 is 6.09 Å². The molecule has 128 valence electrons. The van der Waals surface area contributed by atoms with Crippen molar-refractivity contribution >= 4 is 6.09 Å². The fourth-order valence-corrected chi connectivity index (χ4v) is 3.32. The summed E-state index contributed by atoms with van der Waals surface area (Å²) in [5.74, 6) is 0. The van der Waals surface area contributed by atoms with Gasteiger partial charge in [-0.25, -0.2) is 4.79 Å². The summed E-state index contributed by atoms with van der Waals surface area (Å²) in [5, 5.41) is 3.65. The molecule has 1 amide bonds. The quantitative estimate of drug-likeness (QED) is 0.870. The number of hydrogen-bond acceptors (Lipinski definition) is 4. The van der Waals surface area contributed by atoms with Crippen molar-refractivity contribution in [3.63, 3.8) is 0 Å². The van der Waals surface area contributed by atoms with Crippen molar-refractivity contribution in [3.8, 4) is 0 Å². The van der Waals surface area contributed by atoms with Crippen molar-refractivity contribution in [1.82, 2.24) is 10.2 Å². The molecular formula is C17H32N2O3. The standard InChI is InChI=1S/C17H32N2O3/c1-13-14(7-10-21-13)18-11-17(5)8-6-9-19(12-17)15(20)22-16(2,3)4/h13-14,18H,6-12H2,1-5H3. The number of rotatable bonds is 3. The molecule has 0 spiro atoms. The number of nitrogens with zero attached hydrogens (tertiary/aromatic N) is 1. The van der Waals surface area contributed by atoms with Crippen molar-refractivity contribution in [2.24, 2.45) is 5.41 Å². The summed E-state index contributed by atoms with van der Waals surface area (Å²) in [6.45, 7) is 13.5. The maximum Gasteiger partial charge on any atom is 0.410 e. The molecule has 3 atom stereocenters. The molecule has 2 aliphatic rings. The van der Waals surface area contributed by atoms with Gasteiger partial charge < -0.3 is 19.7 Å². The van der Waals surface area contributed by atoms with Crippen LogP contribution in [0, 0.1) is 5.41 Å². The molecule has 0 aromatic rings. The number of carbonyl (C=O) groups is 1. The van der Waals surface area contributed by atoms with Gasteiger partial charge in [-0.2, -0.15) is 0 Å². The van der Waals surface area contributed by atoms with Gasteiger partial charge in [0.15, 0.2) is 0 Å². The van der Waals surface area contributed by atoms with E-state index in [0.717, 1.165) is 45.5 Å². The zero-order valence-corrected chi connectivity index (χ0v) is 14.8. The zero-order valence-electron chi connectivity index (χ0n) is 14.8. The average Bonchev–Trinajstić information content (AvgIpc) is 2.80. The molecule has 2 aliphatic heterocycles. The maximum absolute atomic E-state index is 12.3. The van der Waals surface area contributed by atoms with E-state index in [-0.39, 0.29) is 17.6 Å². The molecule has 2 rings (SSSR count). The predicted octanol–water partition coefficient (Wildman–Crippen LogP) is 2.79. The van der Waals surface area contributed by atoms with Crippen LogP contribution in [0.25, 0.3) is 0 Å². The molecule has 2 fully saturated rings. The molecule has 2 saturated heterocycles. The second-order valence-corrected chi connectivity index (χ2v) is 8.17. The van der Waals surface area contributed by atoms with E-state index in [1.807, 2.05) is 25.7 Å². The minimum Gasteiger partial charge on any atom is -0.444 e. The number of carbonyl (C=O) groups excluding carboxylic acids is 1. The Kier molecular flexibility index (Phi) is 5.38. The van der Waals surface area contributed by atoms with Crippen LogP contribution < -0.4 is 5.32 Å². The van der Waals surface area contributed by atoms with Gasteiger partial charge in [0.1, 0.15) is 5.60 Å². The highest BCUT2D eigenvalue weighted by molar-refractivity contribution is 5.68. The molecule has 5 heteroatoms. The lowest BCUT2D eigenvalue weighted by Gasteiger charge is -2.41. The van der Waals surface area contributed by atoms with Crippen molar-refractivity contribution in [1.29, 1.82) is 0 Å². The Labute approximate surface area is 134 Å². The summed E-state index contributed by atoms with van der Waals surface area (Å²) in [5.41, 5.74) is -0.322. The molecule has 0 saturated carbocycles. The largest absolute Gasteiger partial charge is 0.444 e. The van der Waals surface area contributed by atoms with Crippen LogP contribution in [0.4, 0.5) is 4.79 Å². The lowest BCUT2D eigenvalue weighted by atomic mass is 9.81. The van der Waals surface area contributed by atoms with E-state index < -0.39 is 5.60 Å². The van der Waals surface area contributed by atoms with Crippen molar-refractivity contribution in [3.05, 3.63) is 0 Å². The number of likely N-dealkylation sites (tertiary alicyclic amines) is 1. The monoisotopic (exact) mass is 312 g/mol. The Bertz CT molecular complexity index is 394. The Morgan fingerprint density at radius 1 is 1.45 bits per heavy atom. The topological polar surface area (TPSA) is 50.8 Å². The number of ether oxygens (including phenoxy) is 2. The first-order chi connectivity index (χ1) is 10.2. The zero-order chi connectivity index (χ0) is 16.4. The van der Waals surface area contributed by atoms with Crippen LogP contribution in [-0.4, -0.2) is 55.0 Å². The third-order valence-corrected chi connectivity index (χ3v) is 4.60. The molecule has 0 aliphatic carbocycles. The average molecular weight is 312 g/mol. The van der Waals surface area contributed by atoms with E-state index in [2.05, 4.69) is 19.2 Å². The molecule has 1 N–H and O–H groups in total. The summed E-state index contributed by atoms with van der Waals surface area (Å²) in [6.07, 6.45) is 3.35. The third kappa shape index (κ3) is 4.85. The predicted molar refractivity (Wildman–Crippen MR) is 87.0 cm³/mol. The summed E-state index contributed by atoms with van der Waals surface area (Å²) in [6, 6.07) is 0.439. The number of hydrogen-bond donors (Lipinski definition) is 1. The fraction of sp³-hybridized carbons (Fsp3) is 0.941. The highest BCUT2D eigenvalue weighted by atomic mass is 16.6. The van der Waals surface area contributed by atoms with Gasteiger partial charge in [-0.1, -0.05) is 6.92 Å². The first kappa shape index (κ1) is 17.5. The molecular weight excluding hydrogens is 280 g/mol. The van der Waals surface area contributed by atoms with Gasteiger partial charge in [-0.3, -0.25) is 0 Å². The van der Waals surface area contributed by atoms with Crippen LogP contribution in [0.5, 0.6) is 0 Å². The van der Waals surface area contributed by atoms with Crippen LogP contribution in [0.2, 0.25) is 0 Å². The molecule has 22 heavy (non-hydrogen) atoms. The maximum atomic E-state index is 12.3. The van der Waals surface area contributed by atoms with E-state index in [4.69, 9.17) is 9.47 Å². The lowest BCUT2D eigenvalue weighted by molar-refractivity contribution is 0.00604. The summed E-state index contributed by atoms with van der Waals surface area (Å²) in [4.78, 5) is 14.1. The van der Waals surface area contributed by atoms with E-state index in [9.17, 15) is 4.79 Å². The molecule has 0 aromatic carbocycles. The van der Waals surface area contributed by atoms with Gasteiger partial charge in [-0.15, -0.1) is 0 Å². The summed E-state index contributed by atoms with van der Waals surface area (Å²) < 4.78 is 11.1.